The number of methoxy groups -OCH3 is 1. The Hall–Kier alpha value is -1.30. The maximum atomic E-state index is 12.2. The summed E-state index contributed by atoms with van der Waals surface area (Å²) >= 11 is 6.03. The Balaban J connectivity index is 3.16. The van der Waals surface area contributed by atoms with E-state index in [2.05, 4.69) is 0 Å². The fraction of sp³-hybridized carbons (Fsp3) is 0.769. The Morgan fingerprint density at radius 1 is 1.50 bits per heavy atom. The van der Waals surface area contributed by atoms with Gasteiger partial charge in [0.2, 0.25) is 11.2 Å². The SMILES string of the molecule is COC(=O)[C@]1([C@@H](C)Cl)C[C@@H](C)[C@@](C)(OC(C)=O)C(=O)O1. The van der Waals surface area contributed by atoms with Gasteiger partial charge in [-0.2, -0.15) is 0 Å². The molecule has 0 radical (unpaired) electrons. The molecule has 1 aliphatic heterocycles. The molecule has 20 heavy (non-hydrogen) atoms. The second-order valence-electron chi connectivity index (χ2n) is 5.19. The number of halogens is 1. The van der Waals surface area contributed by atoms with Crippen LogP contribution in [-0.2, 0) is 28.6 Å². The van der Waals surface area contributed by atoms with Gasteiger partial charge in [-0.3, -0.25) is 4.79 Å². The van der Waals surface area contributed by atoms with E-state index >= 15 is 0 Å². The molecule has 1 fully saturated rings. The van der Waals surface area contributed by atoms with Crippen LogP contribution in [0.1, 0.15) is 34.1 Å². The molecule has 0 N–H and O–H groups in total. The molecular formula is C13H19ClO6. The molecule has 7 heteroatoms. The van der Waals surface area contributed by atoms with Crippen molar-refractivity contribution >= 4 is 29.5 Å². The largest absolute Gasteiger partial charge is 0.466 e. The minimum Gasteiger partial charge on any atom is -0.466 e. The first-order chi connectivity index (χ1) is 9.10. The maximum absolute atomic E-state index is 12.2. The van der Waals surface area contributed by atoms with Crippen molar-refractivity contribution in [2.75, 3.05) is 7.11 Å². The highest BCUT2D eigenvalue weighted by molar-refractivity contribution is 6.23. The first-order valence-corrected chi connectivity index (χ1v) is 6.69. The van der Waals surface area contributed by atoms with Crippen LogP contribution in [0.15, 0.2) is 0 Å². The third kappa shape index (κ3) is 2.61. The Kier molecular flexibility index (Phi) is 4.69. The molecule has 0 amide bonds. The molecular weight excluding hydrogens is 288 g/mol. The molecule has 0 aromatic rings. The molecule has 0 aromatic carbocycles. The average molecular weight is 307 g/mol. The summed E-state index contributed by atoms with van der Waals surface area (Å²) in [5.41, 5.74) is -3.00. The van der Waals surface area contributed by atoms with Gasteiger partial charge >= 0.3 is 17.9 Å². The van der Waals surface area contributed by atoms with Crippen molar-refractivity contribution in [2.24, 2.45) is 5.92 Å². The van der Waals surface area contributed by atoms with E-state index < -0.39 is 40.4 Å². The molecule has 1 aliphatic rings. The summed E-state index contributed by atoms with van der Waals surface area (Å²) in [6, 6.07) is 0. The highest BCUT2D eigenvalue weighted by Gasteiger charge is 2.60. The average Bonchev–Trinajstić information content (AvgIpc) is 2.33. The van der Waals surface area contributed by atoms with Crippen molar-refractivity contribution in [3.63, 3.8) is 0 Å². The van der Waals surface area contributed by atoms with E-state index in [1.807, 2.05) is 0 Å². The molecule has 0 aromatic heterocycles. The van der Waals surface area contributed by atoms with Crippen molar-refractivity contribution < 1.29 is 28.6 Å². The van der Waals surface area contributed by atoms with Crippen LogP contribution in [0.5, 0.6) is 0 Å². The summed E-state index contributed by atoms with van der Waals surface area (Å²) in [5, 5.41) is -0.775. The smallest absolute Gasteiger partial charge is 0.351 e. The monoisotopic (exact) mass is 306 g/mol. The van der Waals surface area contributed by atoms with Gasteiger partial charge in [0.15, 0.2) is 0 Å². The minimum absolute atomic E-state index is 0.111. The third-order valence-corrected chi connectivity index (χ3v) is 4.11. The van der Waals surface area contributed by atoms with Gasteiger partial charge in [-0.05, 0) is 13.8 Å². The lowest BCUT2D eigenvalue weighted by Crippen LogP contribution is -2.63. The van der Waals surface area contributed by atoms with Crippen LogP contribution in [0.3, 0.4) is 0 Å². The lowest BCUT2D eigenvalue weighted by molar-refractivity contribution is -0.221. The highest BCUT2D eigenvalue weighted by atomic mass is 35.5. The number of hydrogen-bond donors (Lipinski definition) is 0. The number of esters is 3. The first kappa shape index (κ1) is 16.8. The Morgan fingerprint density at radius 2 is 2.05 bits per heavy atom. The van der Waals surface area contributed by atoms with Gasteiger partial charge in [0.1, 0.15) is 0 Å². The van der Waals surface area contributed by atoms with E-state index in [4.69, 9.17) is 25.8 Å². The van der Waals surface area contributed by atoms with E-state index in [1.54, 1.807) is 13.8 Å². The first-order valence-electron chi connectivity index (χ1n) is 6.25. The Bertz CT molecular complexity index is 435. The standard InChI is InChI=1S/C13H19ClO6/c1-7-6-13(8(2)14,11(17)18-5)20-10(16)12(7,4)19-9(3)15/h7-8H,6H2,1-5H3/t7-,8-,12-,13-/m1/s1. The van der Waals surface area contributed by atoms with Crippen LogP contribution in [0, 0.1) is 5.92 Å². The van der Waals surface area contributed by atoms with Gasteiger partial charge in [-0.1, -0.05) is 6.92 Å². The summed E-state index contributed by atoms with van der Waals surface area (Å²) in [7, 11) is 1.20. The van der Waals surface area contributed by atoms with Crippen LogP contribution in [0.25, 0.3) is 0 Å². The topological polar surface area (TPSA) is 78.9 Å². The molecule has 6 nitrogen and oxygen atoms in total. The van der Waals surface area contributed by atoms with Crippen LogP contribution in [-0.4, -0.2) is 41.6 Å². The van der Waals surface area contributed by atoms with Crippen molar-refractivity contribution in [3.05, 3.63) is 0 Å². The number of alkyl halides is 1. The molecule has 1 heterocycles. The maximum Gasteiger partial charge on any atom is 0.351 e. The minimum atomic E-state index is -1.56. The van der Waals surface area contributed by atoms with Crippen molar-refractivity contribution in [2.45, 2.75) is 50.7 Å². The zero-order valence-corrected chi connectivity index (χ0v) is 12.9. The highest BCUT2D eigenvalue weighted by Crippen LogP contribution is 2.42. The number of rotatable bonds is 3. The van der Waals surface area contributed by atoms with Gasteiger partial charge in [-0.25, -0.2) is 9.59 Å². The predicted molar refractivity (Wildman–Crippen MR) is 70.1 cm³/mol. The van der Waals surface area contributed by atoms with Crippen LogP contribution in [0.2, 0.25) is 0 Å². The molecule has 1 rings (SSSR count). The van der Waals surface area contributed by atoms with Crippen molar-refractivity contribution in [1.82, 2.24) is 0 Å². The summed E-state index contributed by atoms with van der Waals surface area (Å²) in [6.45, 7) is 5.91. The van der Waals surface area contributed by atoms with E-state index in [9.17, 15) is 14.4 Å². The quantitative estimate of drug-likeness (QED) is 0.446. The molecule has 0 unspecified atom stereocenters. The van der Waals surface area contributed by atoms with Crippen molar-refractivity contribution in [3.8, 4) is 0 Å². The van der Waals surface area contributed by atoms with Crippen molar-refractivity contribution in [1.29, 1.82) is 0 Å². The second kappa shape index (κ2) is 5.60. The summed E-state index contributed by atoms with van der Waals surface area (Å²) < 4.78 is 15.0. The van der Waals surface area contributed by atoms with E-state index in [1.165, 1.54) is 21.0 Å². The zero-order chi connectivity index (χ0) is 15.7. The number of carbonyl (C=O) groups is 3. The fourth-order valence-electron chi connectivity index (χ4n) is 2.30. The van der Waals surface area contributed by atoms with E-state index in [0.717, 1.165) is 0 Å². The lowest BCUT2D eigenvalue weighted by atomic mass is 9.76. The molecule has 4 atom stereocenters. The molecule has 0 saturated carbocycles. The van der Waals surface area contributed by atoms with Gasteiger partial charge in [0.25, 0.3) is 0 Å². The molecule has 114 valence electrons. The van der Waals surface area contributed by atoms with Crippen LogP contribution >= 0.6 is 11.6 Å². The van der Waals surface area contributed by atoms with Crippen LogP contribution < -0.4 is 0 Å². The lowest BCUT2D eigenvalue weighted by Gasteiger charge is -2.45. The number of ether oxygens (including phenoxy) is 3. The zero-order valence-electron chi connectivity index (χ0n) is 12.2. The van der Waals surface area contributed by atoms with E-state index in [0.29, 0.717) is 0 Å². The third-order valence-electron chi connectivity index (χ3n) is 3.76. The fourth-order valence-corrected chi connectivity index (χ4v) is 2.53. The summed E-state index contributed by atoms with van der Waals surface area (Å²) in [4.78, 5) is 35.3. The van der Waals surface area contributed by atoms with Gasteiger partial charge in [0.05, 0.1) is 12.5 Å². The Labute approximate surface area is 122 Å². The summed E-state index contributed by atoms with van der Waals surface area (Å²) in [5.74, 6) is -2.57. The normalized spacial score (nSPS) is 34.9. The van der Waals surface area contributed by atoms with Gasteiger partial charge in [0, 0.05) is 19.3 Å². The molecule has 0 spiro atoms. The number of cyclic esters (lactones) is 1. The second-order valence-corrected chi connectivity index (χ2v) is 5.85. The van der Waals surface area contributed by atoms with E-state index in [-0.39, 0.29) is 6.42 Å². The molecule has 0 bridgehead atoms. The van der Waals surface area contributed by atoms with Crippen LogP contribution in [0.4, 0.5) is 0 Å². The van der Waals surface area contributed by atoms with Gasteiger partial charge in [-0.15, -0.1) is 11.6 Å². The number of hydrogen-bond acceptors (Lipinski definition) is 6. The summed E-state index contributed by atoms with van der Waals surface area (Å²) in [6.07, 6.45) is 0.111. The Morgan fingerprint density at radius 3 is 2.40 bits per heavy atom. The predicted octanol–water partition coefficient (Wildman–Crippen LogP) is 1.43. The number of carbonyl (C=O) groups excluding carboxylic acids is 3. The molecule has 0 aliphatic carbocycles. The molecule has 1 saturated heterocycles. The van der Waals surface area contributed by atoms with Gasteiger partial charge < -0.3 is 14.2 Å².